The van der Waals surface area contributed by atoms with Crippen molar-refractivity contribution in [2.45, 2.75) is 19.9 Å². The van der Waals surface area contributed by atoms with Crippen molar-refractivity contribution in [2.75, 3.05) is 17.2 Å². The minimum Gasteiger partial charge on any atom is -0.478 e. The highest BCUT2D eigenvalue weighted by Crippen LogP contribution is 2.25. The van der Waals surface area contributed by atoms with Crippen LogP contribution in [-0.4, -0.2) is 29.6 Å². The lowest BCUT2D eigenvalue weighted by atomic mass is 10.1. The minimum absolute atomic E-state index is 0.0542. The number of amides is 1. The van der Waals surface area contributed by atoms with Crippen LogP contribution in [0.15, 0.2) is 18.2 Å². The topological polar surface area (TPSA) is 110 Å². The van der Waals surface area contributed by atoms with Gasteiger partial charge in [-0.2, -0.15) is 0 Å². The van der Waals surface area contributed by atoms with Crippen molar-refractivity contribution in [1.29, 1.82) is 0 Å². The molecule has 0 aliphatic carbocycles. The van der Waals surface area contributed by atoms with E-state index in [0.717, 1.165) is 0 Å². The molecular weight excluding hydrogens is 234 g/mol. The molecule has 0 spiro atoms. The largest absolute Gasteiger partial charge is 0.478 e. The van der Waals surface area contributed by atoms with Crippen molar-refractivity contribution in [1.82, 2.24) is 0 Å². The van der Waals surface area contributed by atoms with Gasteiger partial charge in [-0.25, -0.2) is 4.79 Å². The highest BCUT2D eigenvalue weighted by molar-refractivity contribution is 5.96. The van der Waals surface area contributed by atoms with Gasteiger partial charge < -0.3 is 21.5 Å². The third-order valence-electron chi connectivity index (χ3n) is 2.51. The van der Waals surface area contributed by atoms with Gasteiger partial charge in [-0.05, 0) is 32.0 Å². The van der Waals surface area contributed by atoms with Gasteiger partial charge >= 0.3 is 5.97 Å². The third kappa shape index (κ3) is 3.13. The molecule has 1 rings (SSSR count). The number of hydrogen-bond acceptors (Lipinski definition) is 4. The molecule has 0 atom stereocenters. The Kier molecular flexibility index (Phi) is 4.14. The molecule has 1 amide bonds. The molecule has 0 heterocycles. The average Bonchev–Trinajstić information content (AvgIpc) is 2.24. The van der Waals surface area contributed by atoms with Crippen molar-refractivity contribution >= 4 is 23.3 Å². The molecule has 0 bridgehead atoms. The molecule has 0 unspecified atom stereocenters. The molecule has 6 heteroatoms. The Bertz CT molecular complexity index is 472. The van der Waals surface area contributed by atoms with Crippen molar-refractivity contribution in [3.8, 4) is 0 Å². The molecule has 0 saturated carbocycles. The van der Waals surface area contributed by atoms with Gasteiger partial charge in [0.15, 0.2) is 0 Å². The van der Waals surface area contributed by atoms with Gasteiger partial charge in [-0.3, -0.25) is 4.79 Å². The first-order chi connectivity index (χ1) is 8.32. The van der Waals surface area contributed by atoms with Crippen LogP contribution in [-0.2, 0) is 4.79 Å². The normalized spacial score (nSPS) is 10.4. The standard InChI is InChI=1S/C12H17N3O3/c1-7(2)15(6-11(14)16)10-5-8(13)3-4-9(10)12(17)18/h3-5,7H,6,13H2,1-2H3,(H2,14,16)(H,17,18). The molecule has 6 nitrogen and oxygen atoms in total. The van der Waals surface area contributed by atoms with E-state index in [1.165, 1.54) is 18.2 Å². The Morgan fingerprint density at radius 1 is 1.39 bits per heavy atom. The Labute approximate surface area is 105 Å². The first kappa shape index (κ1) is 13.8. The molecule has 98 valence electrons. The van der Waals surface area contributed by atoms with Gasteiger partial charge in [0.2, 0.25) is 5.91 Å². The van der Waals surface area contributed by atoms with Gasteiger partial charge in [0.05, 0.1) is 17.8 Å². The fourth-order valence-electron chi connectivity index (χ4n) is 1.68. The molecule has 1 aromatic rings. The van der Waals surface area contributed by atoms with E-state index in [2.05, 4.69) is 0 Å². The fourth-order valence-corrected chi connectivity index (χ4v) is 1.68. The van der Waals surface area contributed by atoms with Gasteiger partial charge in [0.25, 0.3) is 0 Å². The zero-order chi connectivity index (χ0) is 13.9. The van der Waals surface area contributed by atoms with E-state index in [0.29, 0.717) is 11.4 Å². The van der Waals surface area contributed by atoms with E-state index in [-0.39, 0.29) is 18.2 Å². The van der Waals surface area contributed by atoms with Crippen molar-refractivity contribution in [3.05, 3.63) is 23.8 Å². The number of nitrogens with zero attached hydrogens (tertiary/aromatic N) is 1. The first-order valence-electron chi connectivity index (χ1n) is 5.50. The smallest absolute Gasteiger partial charge is 0.337 e. The number of hydrogen-bond donors (Lipinski definition) is 3. The summed E-state index contributed by atoms with van der Waals surface area (Å²) in [6.45, 7) is 3.64. The van der Waals surface area contributed by atoms with Crippen LogP contribution in [0.5, 0.6) is 0 Å². The zero-order valence-electron chi connectivity index (χ0n) is 10.4. The van der Waals surface area contributed by atoms with Crippen molar-refractivity contribution in [2.24, 2.45) is 5.73 Å². The molecule has 5 N–H and O–H groups in total. The van der Waals surface area contributed by atoms with E-state index in [1.807, 2.05) is 13.8 Å². The minimum atomic E-state index is -1.07. The summed E-state index contributed by atoms with van der Waals surface area (Å²) in [6, 6.07) is 4.39. The molecule has 0 aliphatic heterocycles. The number of nitrogen functional groups attached to an aromatic ring is 1. The molecule has 0 aliphatic rings. The predicted molar refractivity (Wildman–Crippen MR) is 69.5 cm³/mol. The maximum atomic E-state index is 11.2. The Balaban J connectivity index is 3.29. The van der Waals surface area contributed by atoms with E-state index in [4.69, 9.17) is 16.6 Å². The van der Waals surface area contributed by atoms with Crippen LogP contribution in [0.3, 0.4) is 0 Å². The number of anilines is 2. The number of primary amides is 1. The summed E-state index contributed by atoms with van der Waals surface area (Å²) < 4.78 is 0. The second-order valence-electron chi connectivity index (χ2n) is 4.27. The lowest BCUT2D eigenvalue weighted by Crippen LogP contribution is -2.39. The summed E-state index contributed by atoms with van der Waals surface area (Å²) in [6.07, 6.45) is 0. The fraction of sp³-hybridized carbons (Fsp3) is 0.333. The van der Waals surface area contributed by atoms with Crippen molar-refractivity contribution in [3.63, 3.8) is 0 Å². The molecule has 0 fully saturated rings. The predicted octanol–water partition coefficient (Wildman–Crippen LogP) is 0.667. The van der Waals surface area contributed by atoms with Crippen LogP contribution >= 0.6 is 0 Å². The number of benzene rings is 1. The molecule has 18 heavy (non-hydrogen) atoms. The first-order valence-corrected chi connectivity index (χ1v) is 5.50. The van der Waals surface area contributed by atoms with E-state index < -0.39 is 11.9 Å². The molecule has 0 radical (unpaired) electrons. The summed E-state index contributed by atoms with van der Waals surface area (Å²) in [5.41, 5.74) is 11.8. The highest BCUT2D eigenvalue weighted by atomic mass is 16.4. The number of aromatic carboxylic acids is 1. The summed E-state index contributed by atoms with van der Waals surface area (Å²) >= 11 is 0. The van der Waals surface area contributed by atoms with Crippen LogP contribution in [0, 0.1) is 0 Å². The monoisotopic (exact) mass is 251 g/mol. The van der Waals surface area contributed by atoms with Crippen LogP contribution in [0.2, 0.25) is 0 Å². The van der Waals surface area contributed by atoms with Crippen LogP contribution in [0.25, 0.3) is 0 Å². The SMILES string of the molecule is CC(C)N(CC(N)=O)c1cc(N)ccc1C(=O)O. The van der Waals surface area contributed by atoms with Gasteiger partial charge in [0, 0.05) is 11.7 Å². The maximum absolute atomic E-state index is 11.2. The molecule has 0 saturated heterocycles. The van der Waals surface area contributed by atoms with Crippen LogP contribution in [0.4, 0.5) is 11.4 Å². The second-order valence-corrected chi connectivity index (χ2v) is 4.27. The number of carboxylic acid groups (broad SMARTS) is 1. The molecular formula is C12H17N3O3. The average molecular weight is 251 g/mol. The van der Waals surface area contributed by atoms with Crippen molar-refractivity contribution < 1.29 is 14.7 Å². The van der Waals surface area contributed by atoms with Gasteiger partial charge in [0.1, 0.15) is 0 Å². The third-order valence-corrected chi connectivity index (χ3v) is 2.51. The van der Waals surface area contributed by atoms with E-state index in [1.54, 1.807) is 4.90 Å². The highest BCUT2D eigenvalue weighted by Gasteiger charge is 2.20. The number of rotatable bonds is 5. The van der Waals surface area contributed by atoms with Crippen LogP contribution < -0.4 is 16.4 Å². The number of nitrogens with two attached hydrogens (primary N) is 2. The zero-order valence-corrected chi connectivity index (χ0v) is 10.4. The quantitative estimate of drug-likeness (QED) is 0.666. The summed E-state index contributed by atoms with van der Waals surface area (Å²) in [7, 11) is 0. The van der Waals surface area contributed by atoms with Gasteiger partial charge in [-0.15, -0.1) is 0 Å². The number of carbonyl (C=O) groups is 2. The Morgan fingerprint density at radius 2 is 2.00 bits per heavy atom. The number of carboxylic acids is 1. The molecule has 1 aromatic carbocycles. The van der Waals surface area contributed by atoms with Gasteiger partial charge in [-0.1, -0.05) is 0 Å². The molecule has 0 aromatic heterocycles. The van der Waals surface area contributed by atoms with E-state index >= 15 is 0 Å². The van der Waals surface area contributed by atoms with E-state index in [9.17, 15) is 9.59 Å². The summed E-state index contributed by atoms with van der Waals surface area (Å²) in [5.74, 6) is -1.59. The Hall–Kier alpha value is -2.24. The lowest BCUT2D eigenvalue weighted by molar-refractivity contribution is -0.116. The Morgan fingerprint density at radius 3 is 2.44 bits per heavy atom. The summed E-state index contributed by atoms with van der Waals surface area (Å²) in [5, 5.41) is 9.14. The maximum Gasteiger partial charge on any atom is 0.337 e. The second kappa shape index (κ2) is 5.39. The summed E-state index contributed by atoms with van der Waals surface area (Å²) in [4.78, 5) is 23.8. The van der Waals surface area contributed by atoms with Crippen LogP contribution in [0.1, 0.15) is 24.2 Å². The number of carbonyl (C=O) groups excluding carboxylic acids is 1. The lowest BCUT2D eigenvalue weighted by Gasteiger charge is -2.29.